The maximum Gasteiger partial charge on any atom is 0.276 e. The Morgan fingerprint density at radius 1 is 1.10 bits per heavy atom. The second kappa shape index (κ2) is 6.95. The highest BCUT2D eigenvalue weighted by Gasteiger charge is 2.52. The van der Waals surface area contributed by atoms with Gasteiger partial charge in [0.2, 0.25) is 0 Å². The Kier molecular flexibility index (Phi) is 4.94. The lowest BCUT2D eigenvalue weighted by Gasteiger charge is -2.54. The minimum atomic E-state index is -3.74. The van der Waals surface area contributed by atoms with E-state index >= 15 is 0 Å². The average molecular weight is 417 g/mol. The largest absolute Gasteiger partial charge is 0.385 e. The molecule has 4 atom stereocenters. The lowest BCUT2D eigenvalue weighted by atomic mass is 9.54. The third-order valence-electron chi connectivity index (χ3n) is 6.76. The number of nitrogens with zero attached hydrogens (tertiary/aromatic N) is 1. The Labute approximate surface area is 174 Å². The maximum atomic E-state index is 12.7. The van der Waals surface area contributed by atoms with Crippen molar-refractivity contribution in [1.82, 2.24) is 4.83 Å². The van der Waals surface area contributed by atoms with Gasteiger partial charge >= 0.3 is 0 Å². The van der Waals surface area contributed by atoms with Gasteiger partial charge in [-0.2, -0.15) is 18.4 Å². The molecule has 3 aliphatic carbocycles. The number of aryl methyl sites for hydroxylation is 1. The molecule has 1 aromatic carbocycles. The van der Waals surface area contributed by atoms with Crippen LogP contribution in [0.5, 0.6) is 0 Å². The predicted molar refractivity (Wildman–Crippen MR) is 115 cm³/mol. The highest BCUT2D eigenvalue weighted by Crippen LogP contribution is 2.57. The predicted octanol–water partition coefficient (Wildman–Crippen LogP) is 4.32. The van der Waals surface area contributed by atoms with E-state index in [2.05, 4.69) is 30.7 Å². The van der Waals surface area contributed by atoms with E-state index in [1.165, 1.54) is 5.57 Å². The molecule has 0 unspecified atom stereocenters. The van der Waals surface area contributed by atoms with Crippen molar-refractivity contribution >= 4 is 15.7 Å². The van der Waals surface area contributed by atoms with Crippen molar-refractivity contribution in [3.05, 3.63) is 41.0 Å². The minimum absolute atomic E-state index is 0.120. The summed E-state index contributed by atoms with van der Waals surface area (Å²) in [6.45, 7) is 8.58. The smallest absolute Gasteiger partial charge is 0.276 e. The SMILES string of the molecule is Cc1ccc(S(=O)(=O)N/N=C2/C[C@@H](C)CC3=C2[C@@]2(O)C[C@H](C)C[C@@](C)(C3)C2)cc1. The highest BCUT2D eigenvalue weighted by atomic mass is 32.2. The minimum Gasteiger partial charge on any atom is -0.385 e. The molecule has 0 saturated heterocycles. The van der Waals surface area contributed by atoms with E-state index in [0.717, 1.165) is 43.2 Å². The molecule has 3 aliphatic rings. The molecule has 5 nitrogen and oxygen atoms in total. The van der Waals surface area contributed by atoms with Crippen molar-refractivity contribution in [1.29, 1.82) is 0 Å². The first-order chi connectivity index (χ1) is 13.5. The molecule has 4 rings (SSSR count). The Morgan fingerprint density at radius 3 is 2.48 bits per heavy atom. The summed E-state index contributed by atoms with van der Waals surface area (Å²) in [5.41, 5.74) is 3.15. The monoisotopic (exact) mass is 416 g/mol. The van der Waals surface area contributed by atoms with Gasteiger partial charge in [-0.15, -0.1) is 0 Å². The van der Waals surface area contributed by atoms with Gasteiger partial charge in [-0.25, -0.2) is 0 Å². The quantitative estimate of drug-likeness (QED) is 0.721. The van der Waals surface area contributed by atoms with Crippen LogP contribution >= 0.6 is 0 Å². The van der Waals surface area contributed by atoms with E-state index in [0.29, 0.717) is 24.0 Å². The summed E-state index contributed by atoms with van der Waals surface area (Å²) in [6, 6.07) is 6.74. The summed E-state index contributed by atoms with van der Waals surface area (Å²) >= 11 is 0. The van der Waals surface area contributed by atoms with Crippen molar-refractivity contribution in [3.63, 3.8) is 0 Å². The van der Waals surface area contributed by atoms with Crippen LogP contribution in [-0.4, -0.2) is 24.8 Å². The zero-order valence-electron chi connectivity index (χ0n) is 17.8. The molecule has 29 heavy (non-hydrogen) atoms. The molecular weight excluding hydrogens is 384 g/mol. The van der Waals surface area contributed by atoms with Crippen LogP contribution in [-0.2, 0) is 10.0 Å². The van der Waals surface area contributed by atoms with E-state index in [1.54, 1.807) is 24.3 Å². The first-order valence-electron chi connectivity index (χ1n) is 10.6. The van der Waals surface area contributed by atoms with Gasteiger partial charge in [0.15, 0.2) is 0 Å². The molecule has 1 saturated carbocycles. The molecule has 0 spiro atoms. The van der Waals surface area contributed by atoms with Crippen molar-refractivity contribution in [2.24, 2.45) is 22.4 Å². The summed E-state index contributed by atoms with van der Waals surface area (Å²) < 4.78 is 25.5. The third kappa shape index (κ3) is 3.89. The Morgan fingerprint density at radius 2 is 1.79 bits per heavy atom. The Hall–Kier alpha value is -1.66. The maximum absolute atomic E-state index is 12.7. The van der Waals surface area contributed by atoms with Crippen molar-refractivity contribution in [3.8, 4) is 0 Å². The summed E-state index contributed by atoms with van der Waals surface area (Å²) in [4.78, 5) is 2.65. The van der Waals surface area contributed by atoms with Crippen LogP contribution in [0.3, 0.4) is 0 Å². The lowest BCUT2D eigenvalue weighted by molar-refractivity contribution is -0.0449. The second-order valence-corrected chi connectivity index (χ2v) is 11.8. The summed E-state index contributed by atoms with van der Waals surface area (Å²) in [5.74, 6) is 0.831. The van der Waals surface area contributed by atoms with Crippen LogP contribution in [0.4, 0.5) is 0 Å². The fourth-order valence-electron chi connectivity index (χ4n) is 6.16. The third-order valence-corrected chi connectivity index (χ3v) is 7.99. The van der Waals surface area contributed by atoms with Crippen molar-refractivity contribution in [2.45, 2.75) is 76.7 Å². The number of fused-ring (bicyclic) bond motifs is 3. The van der Waals surface area contributed by atoms with E-state index in [-0.39, 0.29) is 10.3 Å². The van der Waals surface area contributed by atoms with Crippen LogP contribution in [0.1, 0.15) is 64.9 Å². The number of sulfonamides is 1. The van der Waals surface area contributed by atoms with Crippen LogP contribution in [0.25, 0.3) is 0 Å². The molecule has 0 amide bonds. The molecule has 0 aromatic heterocycles. The molecule has 1 fully saturated rings. The molecule has 0 radical (unpaired) electrons. The van der Waals surface area contributed by atoms with Gasteiger partial charge in [0.1, 0.15) is 0 Å². The van der Waals surface area contributed by atoms with E-state index in [4.69, 9.17) is 0 Å². The second-order valence-electron chi connectivity index (χ2n) is 10.2. The fourth-order valence-corrected chi connectivity index (χ4v) is 6.99. The Bertz CT molecular complexity index is 980. The Balaban J connectivity index is 1.70. The number of nitrogens with one attached hydrogen (secondary N) is 1. The molecule has 0 heterocycles. The molecule has 2 N–H and O–H groups in total. The van der Waals surface area contributed by atoms with E-state index in [9.17, 15) is 13.5 Å². The van der Waals surface area contributed by atoms with Gasteiger partial charge in [-0.1, -0.05) is 44.0 Å². The summed E-state index contributed by atoms with van der Waals surface area (Å²) in [5, 5.41) is 16.0. The van der Waals surface area contributed by atoms with Gasteiger partial charge in [0.05, 0.1) is 16.2 Å². The zero-order valence-corrected chi connectivity index (χ0v) is 18.6. The molecule has 0 aliphatic heterocycles. The topological polar surface area (TPSA) is 78.8 Å². The van der Waals surface area contributed by atoms with E-state index < -0.39 is 15.6 Å². The lowest BCUT2D eigenvalue weighted by Crippen LogP contribution is -2.51. The van der Waals surface area contributed by atoms with Gasteiger partial charge in [0, 0.05) is 5.57 Å². The van der Waals surface area contributed by atoms with Crippen molar-refractivity contribution in [2.75, 3.05) is 0 Å². The van der Waals surface area contributed by atoms with Gasteiger partial charge in [-0.05, 0) is 74.8 Å². The number of hydrazone groups is 1. The number of hydrogen-bond donors (Lipinski definition) is 2. The van der Waals surface area contributed by atoms with Gasteiger partial charge in [0.25, 0.3) is 10.0 Å². The highest BCUT2D eigenvalue weighted by molar-refractivity contribution is 7.89. The number of benzene rings is 1. The van der Waals surface area contributed by atoms with Crippen LogP contribution < -0.4 is 4.83 Å². The van der Waals surface area contributed by atoms with Gasteiger partial charge < -0.3 is 5.11 Å². The standard InChI is InChI=1S/C23H32N2O3S/c1-15-5-7-19(8-6-15)29(27,28)25-24-20-10-16(2)9-18-13-22(4)11-17(3)12-23(26,14-22)21(18)20/h5-8,16-17,25-26H,9-14H2,1-4H3/b24-20-/t16-,17+,22-,23+/m0/s1. The molecule has 6 heteroatoms. The number of rotatable bonds is 3. The molecular formula is C23H32N2O3S. The van der Waals surface area contributed by atoms with E-state index in [1.807, 2.05) is 6.92 Å². The average Bonchev–Trinajstić information content (AvgIpc) is 2.57. The summed E-state index contributed by atoms with van der Waals surface area (Å²) in [7, 11) is -3.74. The normalized spacial score (nSPS) is 36.1. The zero-order chi connectivity index (χ0) is 21.0. The number of hydrogen-bond acceptors (Lipinski definition) is 4. The number of allylic oxidation sites excluding steroid dienone is 1. The first-order valence-corrected chi connectivity index (χ1v) is 12.1. The number of aliphatic hydroxyl groups is 1. The van der Waals surface area contributed by atoms with Crippen LogP contribution in [0.15, 0.2) is 45.4 Å². The van der Waals surface area contributed by atoms with Crippen LogP contribution in [0, 0.1) is 24.2 Å². The molecule has 1 aromatic rings. The fraction of sp³-hybridized carbons (Fsp3) is 0.609. The summed E-state index contributed by atoms with van der Waals surface area (Å²) in [6.07, 6.45) is 5.21. The van der Waals surface area contributed by atoms with Gasteiger partial charge in [-0.3, -0.25) is 0 Å². The first kappa shape index (κ1) is 20.6. The van der Waals surface area contributed by atoms with Crippen LogP contribution in [0.2, 0.25) is 0 Å². The molecule has 2 bridgehead atoms. The molecule has 158 valence electrons. The van der Waals surface area contributed by atoms with Crippen molar-refractivity contribution < 1.29 is 13.5 Å².